The number of guanidine groups is 1. The van der Waals surface area contributed by atoms with E-state index in [-0.39, 0.29) is 30.0 Å². The van der Waals surface area contributed by atoms with Crippen LogP contribution in [-0.4, -0.2) is 47.0 Å². The van der Waals surface area contributed by atoms with Crippen LogP contribution in [0.15, 0.2) is 46.0 Å². The molecule has 0 saturated heterocycles. The summed E-state index contributed by atoms with van der Waals surface area (Å²) < 4.78 is 21.3. The Kier molecular flexibility index (Phi) is 11.4. The molecule has 0 aliphatic rings. The molecule has 0 fully saturated rings. The fourth-order valence-corrected chi connectivity index (χ4v) is 2.62. The minimum Gasteiger partial charge on any atom is -0.497 e. The van der Waals surface area contributed by atoms with Crippen LogP contribution in [0.1, 0.15) is 24.3 Å². The van der Waals surface area contributed by atoms with Crippen LogP contribution in [0.2, 0.25) is 0 Å². The second-order valence-corrected chi connectivity index (χ2v) is 5.95. The molecule has 0 bridgehead atoms. The van der Waals surface area contributed by atoms with Crippen molar-refractivity contribution >= 4 is 29.9 Å². The number of methoxy groups -OCH3 is 3. The average molecular weight is 503 g/mol. The molecule has 0 spiro atoms. The summed E-state index contributed by atoms with van der Waals surface area (Å²) >= 11 is 0. The number of furan rings is 1. The molecule has 7 nitrogen and oxygen atoms in total. The van der Waals surface area contributed by atoms with E-state index in [0.717, 1.165) is 29.2 Å². The third-order valence-corrected chi connectivity index (χ3v) is 4.07. The summed E-state index contributed by atoms with van der Waals surface area (Å²) in [7, 11) is 4.97. The molecule has 1 aromatic carbocycles. The van der Waals surface area contributed by atoms with Crippen molar-refractivity contribution in [2.45, 2.75) is 19.4 Å². The van der Waals surface area contributed by atoms with Crippen molar-refractivity contribution in [1.29, 1.82) is 0 Å². The molecule has 0 aliphatic heterocycles. The normalized spacial score (nSPS) is 12.1. The molecule has 2 N–H and O–H groups in total. The van der Waals surface area contributed by atoms with Crippen molar-refractivity contribution in [3.05, 3.63) is 47.9 Å². The van der Waals surface area contributed by atoms with E-state index in [1.807, 2.05) is 30.3 Å². The first-order valence-corrected chi connectivity index (χ1v) is 8.96. The molecule has 0 aliphatic carbocycles. The number of nitrogens with one attached hydrogen (secondary N) is 2. The first-order valence-electron chi connectivity index (χ1n) is 8.96. The number of ether oxygens (including phenoxy) is 3. The molecule has 1 aromatic heterocycles. The monoisotopic (exact) mass is 503 g/mol. The maximum absolute atomic E-state index is 5.49. The van der Waals surface area contributed by atoms with E-state index in [1.165, 1.54) is 0 Å². The SMILES string of the molecule is COCCN=C(NCCc1ccco1)NC(C)c1cc(OC)ccc1OC.I. The Hall–Kier alpha value is -1.94. The van der Waals surface area contributed by atoms with Gasteiger partial charge in [-0.05, 0) is 37.3 Å². The second kappa shape index (κ2) is 13.3. The highest BCUT2D eigenvalue weighted by atomic mass is 127. The molecule has 28 heavy (non-hydrogen) atoms. The molecule has 1 atom stereocenters. The predicted molar refractivity (Wildman–Crippen MR) is 121 cm³/mol. The lowest BCUT2D eigenvalue weighted by Gasteiger charge is -2.21. The first kappa shape index (κ1) is 24.1. The fourth-order valence-electron chi connectivity index (χ4n) is 2.62. The Morgan fingerprint density at radius 3 is 2.64 bits per heavy atom. The summed E-state index contributed by atoms with van der Waals surface area (Å²) in [6.45, 7) is 3.88. The van der Waals surface area contributed by atoms with Gasteiger partial charge < -0.3 is 29.3 Å². The molecule has 0 saturated carbocycles. The first-order chi connectivity index (χ1) is 13.2. The Morgan fingerprint density at radius 1 is 1.18 bits per heavy atom. The molecule has 2 rings (SSSR count). The lowest BCUT2D eigenvalue weighted by Crippen LogP contribution is -2.40. The number of hydrogen-bond donors (Lipinski definition) is 2. The smallest absolute Gasteiger partial charge is 0.191 e. The topological polar surface area (TPSA) is 77.2 Å². The molecule has 8 heteroatoms. The predicted octanol–water partition coefficient (Wildman–Crippen LogP) is 3.40. The Labute approximate surface area is 183 Å². The Bertz CT molecular complexity index is 707. The summed E-state index contributed by atoms with van der Waals surface area (Å²) in [5.41, 5.74) is 0.990. The van der Waals surface area contributed by atoms with Crippen molar-refractivity contribution in [1.82, 2.24) is 10.6 Å². The maximum Gasteiger partial charge on any atom is 0.191 e. The van der Waals surface area contributed by atoms with Crippen molar-refractivity contribution < 1.29 is 18.6 Å². The number of nitrogens with zero attached hydrogens (tertiary/aromatic N) is 1. The van der Waals surface area contributed by atoms with E-state index in [0.29, 0.717) is 25.7 Å². The number of halogens is 1. The van der Waals surface area contributed by atoms with Gasteiger partial charge in [0.25, 0.3) is 0 Å². The largest absolute Gasteiger partial charge is 0.497 e. The van der Waals surface area contributed by atoms with Gasteiger partial charge in [0.1, 0.15) is 17.3 Å². The molecule has 156 valence electrons. The number of rotatable bonds is 10. The third kappa shape index (κ3) is 7.59. The lowest BCUT2D eigenvalue weighted by molar-refractivity contribution is 0.208. The van der Waals surface area contributed by atoms with Crippen LogP contribution < -0.4 is 20.1 Å². The number of benzene rings is 1. The molecular weight excluding hydrogens is 473 g/mol. The molecular formula is C20H30IN3O4. The Morgan fingerprint density at radius 2 is 2.00 bits per heavy atom. The molecule has 2 aromatic rings. The van der Waals surface area contributed by atoms with Gasteiger partial charge in [-0.1, -0.05) is 0 Å². The second-order valence-electron chi connectivity index (χ2n) is 5.95. The molecule has 0 radical (unpaired) electrons. The van der Waals surface area contributed by atoms with Gasteiger partial charge in [0, 0.05) is 25.6 Å². The van der Waals surface area contributed by atoms with Crippen LogP contribution in [0, 0.1) is 0 Å². The van der Waals surface area contributed by atoms with E-state index < -0.39 is 0 Å². The Balaban J connectivity index is 0.00000392. The summed E-state index contributed by atoms with van der Waals surface area (Å²) in [6, 6.07) is 9.56. The van der Waals surface area contributed by atoms with Crippen LogP contribution in [0.4, 0.5) is 0 Å². The number of aliphatic imine (C=N–C) groups is 1. The van der Waals surface area contributed by atoms with Crippen molar-refractivity contribution in [3.8, 4) is 11.5 Å². The van der Waals surface area contributed by atoms with Crippen molar-refractivity contribution in [2.75, 3.05) is 41.0 Å². The van der Waals surface area contributed by atoms with Gasteiger partial charge in [-0.25, -0.2) is 0 Å². The van der Waals surface area contributed by atoms with E-state index in [1.54, 1.807) is 27.6 Å². The van der Waals surface area contributed by atoms with E-state index in [2.05, 4.69) is 22.5 Å². The van der Waals surface area contributed by atoms with Crippen LogP contribution in [0.3, 0.4) is 0 Å². The zero-order chi connectivity index (χ0) is 19.5. The molecule has 1 unspecified atom stereocenters. The highest BCUT2D eigenvalue weighted by Gasteiger charge is 2.14. The van der Waals surface area contributed by atoms with Crippen molar-refractivity contribution in [3.63, 3.8) is 0 Å². The van der Waals surface area contributed by atoms with Gasteiger partial charge in [-0.2, -0.15) is 0 Å². The summed E-state index contributed by atoms with van der Waals surface area (Å²) in [5.74, 6) is 3.21. The van der Waals surface area contributed by atoms with Crippen molar-refractivity contribution in [2.24, 2.45) is 4.99 Å². The minimum absolute atomic E-state index is 0. The fraction of sp³-hybridized carbons (Fsp3) is 0.450. The third-order valence-electron chi connectivity index (χ3n) is 4.07. The van der Waals surface area contributed by atoms with Crippen LogP contribution >= 0.6 is 24.0 Å². The van der Waals surface area contributed by atoms with Gasteiger partial charge >= 0.3 is 0 Å². The standard InChI is InChI=1S/C20H29N3O4.HI/c1-15(18-14-17(25-3)7-8-19(18)26-4)23-20(22-11-13-24-2)21-10-9-16-6-5-12-27-16;/h5-8,12,14-15H,9-11,13H2,1-4H3,(H2,21,22,23);1H. The molecule has 0 amide bonds. The summed E-state index contributed by atoms with van der Waals surface area (Å²) in [4.78, 5) is 4.56. The van der Waals surface area contributed by atoms with Crippen LogP contribution in [-0.2, 0) is 11.2 Å². The quantitative estimate of drug-likeness (QED) is 0.224. The van der Waals surface area contributed by atoms with Crippen LogP contribution in [0.25, 0.3) is 0 Å². The minimum atomic E-state index is -0.0348. The van der Waals surface area contributed by atoms with Gasteiger partial charge in [-0.3, -0.25) is 4.99 Å². The van der Waals surface area contributed by atoms with Crippen LogP contribution in [0.5, 0.6) is 11.5 Å². The van der Waals surface area contributed by atoms with E-state index in [9.17, 15) is 0 Å². The highest BCUT2D eigenvalue weighted by Crippen LogP contribution is 2.29. The van der Waals surface area contributed by atoms with E-state index >= 15 is 0 Å². The van der Waals surface area contributed by atoms with Gasteiger partial charge in [0.2, 0.25) is 0 Å². The maximum atomic E-state index is 5.49. The van der Waals surface area contributed by atoms with E-state index in [4.69, 9.17) is 18.6 Å². The zero-order valence-corrected chi connectivity index (χ0v) is 19.2. The van der Waals surface area contributed by atoms with Gasteiger partial charge in [0.05, 0.1) is 39.7 Å². The summed E-state index contributed by atoms with van der Waals surface area (Å²) in [5, 5.41) is 6.75. The lowest BCUT2D eigenvalue weighted by atomic mass is 10.1. The highest BCUT2D eigenvalue weighted by molar-refractivity contribution is 14.0. The molecule has 1 heterocycles. The zero-order valence-electron chi connectivity index (χ0n) is 16.9. The number of hydrogen-bond acceptors (Lipinski definition) is 5. The van der Waals surface area contributed by atoms with Gasteiger partial charge in [0.15, 0.2) is 5.96 Å². The average Bonchev–Trinajstić information content (AvgIpc) is 3.20. The summed E-state index contributed by atoms with van der Waals surface area (Å²) in [6.07, 6.45) is 2.45. The van der Waals surface area contributed by atoms with Gasteiger partial charge in [-0.15, -0.1) is 24.0 Å².